The third kappa shape index (κ3) is 6.02. The second-order valence-electron chi connectivity index (χ2n) is 5.06. The molecule has 108 valence electrons. The molecule has 1 aliphatic rings. The molecule has 0 amide bonds. The quantitative estimate of drug-likeness (QED) is 0.768. The molecule has 1 aliphatic heterocycles. The minimum Gasteiger partial charge on any atom is -0.395 e. The van der Waals surface area contributed by atoms with Gasteiger partial charge in [0.2, 0.25) is 0 Å². The van der Waals surface area contributed by atoms with Crippen molar-refractivity contribution in [3.05, 3.63) is 0 Å². The van der Waals surface area contributed by atoms with Crippen LogP contribution in [-0.2, 0) is 0 Å². The van der Waals surface area contributed by atoms with Gasteiger partial charge in [0.05, 0.1) is 6.61 Å². The topological polar surface area (TPSA) is 35.5 Å². The number of β-amino-alcohol motifs (C(OH)–C–C–N with tert-alkyl or cyclic N) is 1. The van der Waals surface area contributed by atoms with Crippen LogP contribution in [0.1, 0.15) is 26.2 Å². The van der Waals surface area contributed by atoms with Gasteiger partial charge in [-0.2, -0.15) is 13.2 Å². The van der Waals surface area contributed by atoms with Crippen LogP contribution in [0.3, 0.4) is 0 Å². The van der Waals surface area contributed by atoms with Crippen molar-refractivity contribution < 1.29 is 18.3 Å². The first kappa shape index (κ1) is 15.7. The maximum atomic E-state index is 12.4. The summed E-state index contributed by atoms with van der Waals surface area (Å²) >= 11 is 0. The number of aliphatic hydroxyl groups excluding tert-OH is 1. The molecule has 1 rings (SSSR count). The zero-order valence-corrected chi connectivity index (χ0v) is 10.8. The van der Waals surface area contributed by atoms with E-state index in [1.54, 1.807) is 0 Å². The normalized spacial score (nSPS) is 26.5. The summed E-state index contributed by atoms with van der Waals surface area (Å²) in [5.74, 6) is -0.361. The Hall–Kier alpha value is -0.330. The van der Waals surface area contributed by atoms with E-state index in [2.05, 4.69) is 5.32 Å². The van der Waals surface area contributed by atoms with Gasteiger partial charge in [-0.1, -0.05) is 6.92 Å². The van der Waals surface area contributed by atoms with Gasteiger partial charge in [-0.15, -0.1) is 0 Å². The van der Waals surface area contributed by atoms with Crippen LogP contribution in [0.15, 0.2) is 0 Å². The lowest BCUT2D eigenvalue weighted by Gasteiger charge is -2.38. The third-order valence-electron chi connectivity index (χ3n) is 3.23. The van der Waals surface area contributed by atoms with Gasteiger partial charge in [-0.3, -0.25) is 4.90 Å². The second kappa shape index (κ2) is 7.31. The molecule has 2 unspecified atom stereocenters. The Morgan fingerprint density at radius 3 is 2.61 bits per heavy atom. The van der Waals surface area contributed by atoms with Gasteiger partial charge in [-0.25, -0.2) is 0 Å². The molecule has 6 heteroatoms. The van der Waals surface area contributed by atoms with E-state index in [1.165, 1.54) is 0 Å². The SMILES string of the molecule is CCCNC1CC(CC(F)(F)F)CN(CCO)C1. The molecular formula is C12H23F3N2O. The maximum absolute atomic E-state index is 12.4. The summed E-state index contributed by atoms with van der Waals surface area (Å²) in [6.45, 7) is 4.49. The summed E-state index contributed by atoms with van der Waals surface area (Å²) in [5.41, 5.74) is 0. The van der Waals surface area contributed by atoms with Crippen molar-refractivity contribution >= 4 is 0 Å². The average molecular weight is 268 g/mol. The zero-order valence-electron chi connectivity index (χ0n) is 10.8. The Morgan fingerprint density at radius 1 is 1.33 bits per heavy atom. The summed E-state index contributed by atoms with van der Waals surface area (Å²) in [4.78, 5) is 1.92. The van der Waals surface area contributed by atoms with E-state index < -0.39 is 12.6 Å². The van der Waals surface area contributed by atoms with Crippen molar-refractivity contribution in [3.8, 4) is 0 Å². The lowest BCUT2D eigenvalue weighted by Crippen LogP contribution is -2.50. The summed E-state index contributed by atoms with van der Waals surface area (Å²) in [7, 11) is 0. The summed E-state index contributed by atoms with van der Waals surface area (Å²) < 4.78 is 37.3. The number of hydrogen-bond donors (Lipinski definition) is 2. The maximum Gasteiger partial charge on any atom is 0.389 e. The zero-order chi connectivity index (χ0) is 13.6. The molecule has 0 spiro atoms. The molecule has 3 nitrogen and oxygen atoms in total. The molecule has 0 aromatic carbocycles. The van der Waals surface area contributed by atoms with Gasteiger partial charge >= 0.3 is 6.18 Å². The smallest absolute Gasteiger partial charge is 0.389 e. The number of rotatable bonds is 6. The Morgan fingerprint density at radius 2 is 2.06 bits per heavy atom. The highest BCUT2D eigenvalue weighted by Crippen LogP contribution is 2.30. The Balaban J connectivity index is 2.50. The number of halogens is 3. The van der Waals surface area contributed by atoms with Crippen LogP contribution in [0.4, 0.5) is 13.2 Å². The fraction of sp³-hybridized carbons (Fsp3) is 1.00. The molecule has 18 heavy (non-hydrogen) atoms. The van der Waals surface area contributed by atoms with Crippen molar-refractivity contribution in [2.24, 2.45) is 5.92 Å². The van der Waals surface area contributed by atoms with Crippen molar-refractivity contribution in [1.82, 2.24) is 10.2 Å². The lowest BCUT2D eigenvalue weighted by molar-refractivity contribution is -0.149. The van der Waals surface area contributed by atoms with E-state index in [-0.39, 0.29) is 18.6 Å². The molecule has 2 N–H and O–H groups in total. The minimum absolute atomic E-state index is 0.000758. The highest BCUT2D eigenvalue weighted by atomic mass is 19.4. The van der Waals surface area contributed by atoms with Crippen molar-refractivity contribution in [2.45, 2.75) is 38.4 Å². The number of piperidine rings is 1. The molecule has 0 radical (unpaired) electrons. The Bertz CT molecular complexity index is 236. The Labute approximate surface area is 106 Å². The monoisotopic (exact) mass is 268 g/mol. The molecule has 1 fully saturated rings. The van der Waals surface area contributed by atoms with Crippen molar-refractivity contribution in [3.63, 3.8) is 0 Å². The van der Waals surface area contributed by atoms with Gasteiger partial charge in [0.25, 0.3) is 0 Å². The second-order valence-corrected chi connectivity index (χ2v) is 5.06. The van der Waals surface area contributed by atoms with E-state index >= 15 is 0 Å². The van der Waals surface area contributed by atoms with Gasteiger partial charge in [0.1, 0.15) is 0 Å². The summed E-state index contributed by atoms with van der Waals surface area (Å²) in [6, 6.07) is 0.109. The van der Waals surface area contributed by atoms with Crippen LogP contribution in [0, 0.1) is 5.92 Å². The van der Waals surface area contributed by atoms with Crippen LogP contribution in [0.5, 0.6) is 0 Å². The first-order valence-corrected chi connectivity index (χ1v) is 6.58. The van der Waals surface area contributed by atoms with Crippen LogP contribution >= 0.6 is 0 Å². The van der Waals surface area contributed by atoms with Gasteiger partial charge in [0, 0.05) is 32.1 Å². The highest BCUT2D eigenvalue weighted by molar-refractivity contribution is 4.84. The molecule has 0 bridgehead atoms. The van der Waals surface area contributed by atoms with Gasteiger partial charge < -0.3 is 10.4 Å². The van der Waals surface area contributed by atoms with E-state index in [0.717, 1.165) is 19.5 Å². The van der Waals surface area contributed by atoms with Crippen LogP contribution in [0.2, 0.25) is 0 Å². The lowest BCUT2D eigenvalue weighted by atomic mass is 9.91. The predicted octanol–water partition coefficient (Wildman–Crippen LogP) is 1.62. The minimum atomic E-state index is -4.10. The number of nitrogens with one attached hydrogen (secondary N) is 1. The fourth-order valence-corrected chi connectivity index (χ4v) is 2.60. The van der Waals surface area contributed by atoms with E-state index in [9.17, 15) is 13.2 Å². The third-order valence-corrected chi connectivity index (χ3v) is 3.23. The average Bonchev–Trinajstić information content (AvgIpc) is 2.24. The number of aliphatic hydroxyl groups is 1. The van der Waals surface area contributed by atoms with Crippen molar-refractivity contribution in [1.29, 1.82) is 0 Å². The summed E-state index contributed by atoms with van der Waals surface area (Å²) in [5, 5.41) is 12.2. The van der Waals surface area contributed by atoms with Crippen LogP contribution < -0.4 is 5.32 Å². The highest BCUT2D eigenvalue weighted by Gasteiger charge is 2.36. The van der Waals surface area contributed by atoms with Gasteiger partial charge in [-0.05, 0) is 25.3 Å². The summed E-state index contributed by atoms with van der Waals surface area (Å²) in [6.07, 6.45) is -3.27. The van der Waals surface area contributed by atoms with Crippen LogP contribution in [-0.4, -0.2) is 55.0 Å². The number of nitrogens with zero attached hydrogens (tertiary/aromatic N) is 1. The first-order valence-electron chi connectivity index (χ1n) is 6.58. The van der Waals surface area contributed by atoms with Crippen LogP contribution in [0.25, 0.3) is 0 Å². The molecule has 0 aromatic heterocycles. The number of hydrogen-bond acceptors (Lipinski definition) is 3. The van der Waals surface area contributed by atoms with Crippen molar-refractivity contribution in [2.75, 3.05) is 32.8 Å². The fourth-order valence-electron chi connectivity index (χ4n) is 2.60. The standard InChI is InChI=1S/C12H23F3N2O/c1-2-3-16-11-6-10(7-12(13,14)15)8-17(9-11)4-5-18/h10-11,16,18H,2-9H2,1H3. The largest absolute Gasteiger partial charge is 0.395 e. The molecule has 0 aromatic rings. The first-order chi connectivity index (χ1) is 8.44. The van der Waals surface area contributed by atoms with E-state index in [4.69, 9.17) is 5.11 Å². The van der Waals surface area contributed by atoms with E-state index in [0.29, 0.717) is 19.5 Å². The molecule has 0 saturated carbocycles. The molecule has 1 heterocycles. The molecule has 2 atom stereocenters. The molecular weight excluding hydrogens is 245 g/mol. The van der Waals surface area contributed by atoms with E-state index in [1.807, 2.05) is 11.8 Å². The number of alkyl halides is 3. The van der Waals surface area contributed by atoms with Gasteiger partial charge in [0.15, 0.2) is 0 Å². The molecule has 1 saturated heterocycles. The predicted molar refractivity (Wildman–Crippen MR) is 64.4 cm³/mol. The Kier molecular flexibility index (Phi) is 6.38. The molecule has 0 aliphatic carbocycles. The number of likely N-dealkylation sites (tertiary alicyclic amines) is 1.